The van der Waals surface area contributed by atoms with Gasteiger partial charge in [-0.1, -0.05) is 36.4 Å². The summed E-state index contributed by atoms with van der Waals surface area (Å²) in [6.45, 7) is 0. The minimum absolute atomic E-state index is 0.215. The van der Waals surface area contributed by atoms with Crippen molar-refractivity contribution in [2.75, 3.05) is 0 Å². The van der Waals surface area contributed by atoms with E-state index in [0.29, 0.717) is 10.6 Å². The van der Waals surface area contributed by atoms with Gasteiger partial charge < -0.3 is 4.98 Å². The molecule has 2 amide bonds. The van der Waals surface area contributed by atoms with Crippen molar-refractivity contribution < 1.29 is 9.59 Å². The molecule has 3 heterocycles. The van der Waals surface area contributed by atoms with Crippen LogP contribution in [0.25, 0.3) is 27.2 Å². The molecule has 0 fully saturated rings. The van der Waals surface area contributed by atoms with Gasteiger partial charge in [0.1, 0.15) is 10.7 Å². The van der Waals surface area contributed by atoms with Crippen LogP contribution in [-0.4, -0.2) is 31.6 Å². The highest BCUT2D eigenvalue weighted by Crippen LogP contribution is 2.24. The predicted molar refractivity (Wildman–Crippen MR) is 118 cm³/mol. The number of aromatic nitrogens is 4. The van der Waals surface area contributed by atoms with E-state index in [-0.39, 0.29) is 5.69 Å². The van der Waals surface area contributed by atoms with Crippen molar-refractivity contribution in [1.29, 1.82) is 0 Å². The Morgan fingerprint density at radius 2 is 1.74 bits per heavy atom. The van der Waals surface area contributed by atoms with Crippen LogP contribution in [0.5, 0.6) is 0 Å². The number of carbonyl (C=O) groups is 2. The van der Waals surface area contributed by atoms with E-state index >= 15 is 0 Å². The van der Waals surface area contributed by atoms with Gasteiger partial charge in [0, 0.05) is 34.2 Å². The fourth-order valence-electron chi connectivity index (χ4n) is 3.17. The summed E-state index contributed by atoms with van der Waals surface area (Å²) in [5.41, 5.74) is 8.10. The van der Waals surface area contributed by atoms with Crippen LogP contribution in [0.15, 0.2) is 78.6 Å². The lowest BCUT2D eigenvalue weighted by molar-refractivity contribution is 0.0845. The topological polar surface area (TPSA) is 105 Å². The molecule has 0 saturated carbocycles. The monoisotopic (exact) mass is 428 g/mol. The van der Waals surface area contributed by atoms with E-state index in [1.807, 2.05) is 60.8 Å². The maximum atomic E-state index is 12.4. The van der Waals surface area contributed by atoms with Crippen molar-refractivity contribution in [3.05, 3.63) is 89.8 Å². The van der Waals surface area contributed by atoms with E-state index in [4.69, 9.17) is 0 Å². The van der Waals surface area contributed by atoms with Gasteiger partial charge in [0.15, 0.2) is 0 Å². The molecule has 0 unspecified atom stereocenters. The molecule has 0 atom stereocenters. The fraction of sp³-hybridized carbons (Fsp3) is 0. The first kappa shape index (κ1) is 18.8. The van der Waals surface area contributed by atoms with Crippen LogP contribution in [0.1, 0.15) is 20.8 Å². The summed E-state index contributed by atoms with van der Waals surface area (Å²) in [6.07, 6.45) is 5.17. The lowest BCUT2D eigenvalue weighted by Crippen LogP contribution is -2.41. The molecule has 0 bridgehead atoms. The van der Waals surface area contributed by atoms with Gasteiger partial charge >= 0.3 is 0 Å². The van der Waals surface area contributed by atoms with Gasteiger partial charge in [-0.2, -0.15) is 5.10 Å². The molecule has 9 heteroatoms. The van der Waals surface area contributed by atoms with Crippen molar-refractivity contribution >= 4 is 34.1 Å². The highest BCUT2D eigenvalue weighted by molar-refractivity contribution is 7.13. The second-order valence-corrected chi connectivity index (χ2v) is 7.56. The zero-order valence-corrected chi connectivity index (χ0v) is 16.9. The number of H-pyrrole nitrogens is 1. The Labute approximate surface area is 180 Å². The van der Waals surface area contributed by atoms with Crippen LogP contribution in [0.4, 0.5) is 0 Å². The minimum atomic E-state index is -0.494. The first-order valence-electron chi connectivity index (χ1n) is 9.42. The number of carbonyl (C=O) groups excluding carboxylic acids is 2. The van der Waals surface area contributed by atoms with E-state index in [1.165, 1.54) is 11.3 Å². The number of amides is 2. The zero-order chi connectivity index (χ0) is 21.2. The number of nitrogens with one attached hydrogen (secondary N) is 3. The number of rotatable bonds is 4. The predicted octanol–water partition coefficient (Wildman–Crippen LogP) is 3.55. The van der Waals surface area contributed by atoms with Crippen LogP contribution in [-0.2, 0) is 0 Å². The van der Waals surface area contributed by atoms with Crippen LogP contribution in [0.3, 0.4) is 0 Å². The molecule has 5 aromatic rings. The maximum absolute atomic E-state index is 12.4. The second-order valence-electron chi connectivity index (χ2n) is 6.70. The molecule has 2 aromatic carbocycles. The number of benzene rings is 2. The van der Waals surface area contributed by atoms with Gasteiger partial charge in [-0.3, -0.25) is 20.4 Å². The minimum Gasteiger partial charge on any atom is -0.360 e. The molecule has 5 rings (SSSR count). The first-order chi connectivity index (χ1) is 15.2. The van der Waals surface area contributed by atoms with E-state index in [0.717, 1.165) is 22.2 Å². The third kappa shape index (κ3) is 3.69. The molecule has 8 nitrogen and oxygen atoms in total. The number of para-hydroxylation sites is 2. The molecule has 0 saturated heterocycles. The summed E-state index contributed by atoms with van der Waals surface area (Å²) in [7, 11) is 0. The van der Waals surface area contributed by atoms with E-state index in [1.54, 1.807) is 22.5 Å². The third-order valence-corrected chi connectivity index (χ3v) is 5.60. The number of fused-ring (bicyclic) bond motifs is 1. The summed E-state index contributed by atoms with van der Waals surface area (Å²) in [5.74, 6) is -0.906. The lowest BCUT2D eigenvalue weighted by atomic mass is 10.2. The average Bonchev–Trinajstić information content (AvgIpc) is 3.56. The van der Waals surface area contributed by atoms with E-state index in [9.17, 15) is 9.59 Å². The number of aromatic amines is 1. The standard InChI is InChI=1S/C22H16N6O2S/c29-20(17-11-23-18-9-5-4-8-16(17)18)26-27-21(30)19-13-31-22(25-19)14-10-24-28(12-14)15-6-2-1-3-7-15/h1-13,23H,(H,26,29)(H,27,30). The molecule has 0 aliphatic heterocycles. The van der Waals surface area contributed by atoms with E-state index < -0.39 is 11.8 Å². The zero-order valence-electron chi connectivity index (χ0n) is 16.1. The fourth-order valence-corrected chi connectivity index (χ4v) is 3.95. The number of nitrogens with zero attached hydrogens (tertiary/aromatic N) is 3. The third-order valence-electron chi connectivity index (χ3n) is 4.71. The summed E-state index contributed by atoms with van der Waals surface area (Å²) in [6, 6.07) is 17.2. The first-order valence-corrected chi connectivity index (χ1v) is 10.3. The molecule has 3 aromatic heterocycles. The molecule has 152 valence electrons. The Morgan fingerprint density at radius 1 is 0.968 bits per heavy atom. The number of thiazole rings is 1. The van der Waals surface area contributed by atoms with Gasteiger partial charge in [0.05, 0.1) is 17.4 Å². The molecule has 0 aliphatic rings. The molecule has 3 N–H and O–H groups in total. The Bertz CT molecular complexity index is 1390. The van der Waals surface area contributed by atoms with Crippen LogP contribution in [0, 0.1) is 0 Å². The van der Waals surface area contributed by atoms with Crippen molar-refractivity contribution in [2.24, 2.45) is 0 Å². The molecule has 0 aliphatic carbocycles. The highest BCUT2D eigenvalue weighted by Gasteiger charge is 2.16. The second kappa shape index (κ2) is 7.88. The van der Waals surface area contributed by atoms with Gasteiger partial charge in [0.25, 0.3) is 11.8 Å². The Hall–Kier alpha value is -4.24. The molecular weight excluding hydrogens is 412 g/mol. The van der Waals surface area contributed by atoms with Gasteiger partial charge in [-0.05, 0) is 18.2 Å². The largest absolute Gasteiger partial charge is 0.360 e. The Morgan fingerprint density at radius 3 is 2.61 bits per heavy atom. The van der Waals surface area contributed by atoms with E-state index in [2.05, 4.69) is 25.9 Å². The van der Waals surface area contributed by atoms with Crippen molar-refractivity contribution in [3.63, 3.8) is 0 Å². The SMILES string of the molecule is O=C(NNC(=O)c1c[nH]c2ccccc12)c1csc(-c2cnn(-c3ccccc3)c2)n1. The summed E-state index contributed by atoms with van der Waals surface area (Å²) < 4.78 is 1.75. The smallest absolute Gasteiger partial charge is 0.289 e. The lowest BCUT2D eigenvalue weighted by Gasteiger charge is -2.05. The van der Waals surface area contributed by atoms with Crippen LogP contribution in [0.2, 0.25) is 0 Å². The van der Waals surface area contributed by atoms with Gasteiger partial charge in [0.2, 0.25) is 0 Å². The van der Waals surface area contributed by atoms with Crippen molar-refractivity contribution in [2.45, 2.75) is 0 Å². The summed E-state index contributed by atoms with van der Waals surface area (Å²) >= 11 is 1.33. The number of hydrazine groups is 1. The molecule has 0 radical (unpaired) electrons. The van der Waals surface area contributed by atoms with Gasteiger partial charge in [-0.15, -0.1) is 11.3 Å². The number of hydrogen-bond donors (Lipinski definition) is 3. The quantitative estimate of drug-likeness (QED) is 0.381. The average molecular weight is 428 g/mol. The normalized spacial score (nSPS) is 10.8. The highest BCUT2D eigenvalue weighted by atomic mass is 32.1. The van der Waals surface area contributed by atoms with Crippen LogP contribution >= 0.6 is 11.3 Å². The molecule has 31 heavy (non-hydrogen) atoms. The van der Waals surface area contributed by atoms with Crippen LogP contribution < -0.4 is 10.9 Å². The summed E-state index contributed by atoms with van der Waals surface area (Å²) in [4.78, 5) is 32.3. The maximum Gasteiger partial charge on any atom is 0.289 e. The van der Waals surface area contributed by atoms with Crippen molar-refractivity contribution in [3.8, 4) is 16.3 Å². The molecule has 0 spiro atoms. The summed E-state index contributed by atoms with van der Waals surface area (Å²) in [5, 5.41) is 7.43. The van der Waals surface area contributed by atoms with Gasteiger partial charge in [-0.25, -0.2) is 9.67 Å². The molecular formula is C22H16N6O2S. The number of hydrogen-bond acceptors (Lipinski definition) is 5. The Balaban J connectivity index is 1.26. The van der Waals surface area contributed by atoms with Crippen molar-refractivity contribution in [1.82, 2.24) is 30.6 Å². The Kier molecular flexibility index (Phi) is 4.77.